The Balaban J connectivity index is 1.85. The maximum atomic E-state index is 11.0. The number of aromatic nitrogens is 2. The Morgan fingerprint density at radius 3 is 2.50 bits per heavy atom. The van der Waals surface area contributed by atoms with E-state index in [2.05, 4.69) is 28.7 Å². The van der Waals surface area contributed by atoms with E-state index in [0.29, 0.717) is 5.52 Å². The highest BCUT2D eigenvalue weighted by Crippen LogP contribution is 2.38. The number of hydrogen-bond donors (Lipinski definition) is 1. The Hall–Kier alpha value is -2.50. The predicted molar refractivity (Wildman–Crippen MR) is 101 cm³/mol. The minimum absolute atomic E-state index is 0.130. The second kappa shape index (κ2) is 7.02. The first-order valence-electron chi connectivity index (χ1n) is 9.00. The van der Waals surface area contributed by atoms with Gasteiger partial charge in [0.15, 0.2) is 0 Å². The van der Waals surface area contributed by atoms with Crippen molar-refractivity contribution in [1.29, 1.82) is 0 Å². The summed E-state index contributed by atoms with van der Waals surface area (Å²) in [6.45, 7) is 5.73. The van der Waals surface area contributed by atoms with Gasteiger partial charge < -0.3 is 9.84 Å². The fourth-order valence-electron chi connectivity index (χ4n) is 3.88. The molecule has 5 nitrogen and oxygen atoms in total. The van der Waals surface area contributed by atoms with Gasteiger partial charge in [-0.1, -0.05) is 24.3 Å². The van der Waals surface area contributed by atoms with E-state index in [0.717, 1.165) is 29.7 Å². The predicted octanol–water partition coefficient (Wildman–Crippen LogP) is 3.53. The van der Waals surface area contributed by atoms with Crippen LogP contribution in [0.3, 0.4) is 0 Å². The third-order valence-corrected chi connectivity index (χ3v) is 4.85. The molecule has 0 spiro atoms. The second-order valence-electron chi connectivity index (χ2n) is 6.95. The average molecular weight is 349 g/mol. The zero-order valence-corrected chi connectivity index (χ0v) is 15.0. The largest absolute Gasteiger partial charge is 0.505 e. The highest BCUT2D eigenvalue weighted by Gasteiger charge is 2.32. The highest BCUT2D eigenvalue weighted by atomic mass is 16.5. The van der Waals surface area contributed by atoms with Crippen LogP contribution in [0, 0.1) is 0 Å². The molecule has 3 aromatic rings. The molecular weight excluding hydrogens is 326 g/mol. The van der Waals surface area contributed by atoms with Gasteiger partial charge in [0.25, 0.3) is 0 Å². The molecule has 3 unspecified atom stereocenters. The minimum atomic E-state index is -0.142. The Morgan fingerprint density at radius 1 is 1.00 bits per heavy atom. The lowest BCUT2D eigenvalue weighted by Crippen LogP contribution is -2.47. The molecule has 0 radical (unpaired) electrons. The molecule has 2 aromatic heterocycles. The molecule has 4 rings (SSSR count). The molecule has 0 aliphatic carbocycles. The highest BCUT2D eigenvalue weighted by molar-refractivity contribution is 5.85. The maximum absolute atomic E-state index is 11.0. The van der Waals surface area contributed by atoms with E-state index < -0.39 is 0 Å². The van der Waals surface area contributed by atoms with Gasteiger partial charge >= 0.3 is 0 Å². The number of ether oxygens (including phenoxy) is 1. The van der Waals surface area contributed by atoms with E-state index in [9.17, 15) is 5.11 Å². The second-order valence-corrected chi connectivity index (χ2v) is 6.95. The summed E-state index contributed by atoms with van der Waals surface area (Å²) >= 11 is 0. The van der Waals surface area contributed by atoms with Gasteiger partial charge in [0.1, 0.15) is 11.3 Å². The van der Waals surface area contributed by atoms with Crippen molar-refractivity contribution in [3.05, 3.63) is 66.1 Å². The zero-order valence-electron chi connectivity index (χ0n) is 15.0. The van der Waals surface area contributed by atoms with Crippen LogP contribution in [0.15, 0.2) is 54.9 Å². The van der Waals surface area contributed by atoms with Crippen molar-refractivity contribution in [2.24, 2.45) is 0 Å². The van der Waals surface area contributed by atoms with Crippen LogP contribution in [0.4, 0.5) is 0 Å². The van der Waals surface area contributed by atoms with Crippen molar-refractivity contribution in [2.75, 3.05) is 13.1 Å². The number of benzene rings is 1. The van der Waals surface area contributed by atoms with Gasteiger partial charge in [-0.15, -0.1) is 0 Å². The van der Waals surface area contributed by atoms with Gasteiger partial charge in [-0.25, -0.2) is 0 Å². The first-order valence-corrected chi connectivity index (χ1v) is 9.00. The Bertz CT molecular complexity index is 890. The number of fused-ring (bicyclic) bond motifs is 1. The fourth-order valence-corrected chi connectivity index (χ4v) is 3.88. The van der Waals surface area contributed by atoms with Crippen LogP contribution in [0.2, 0.25) is 0 Å². The number of phenols is 1. The molecule has 0 bridgehead atoms. The zero-order chi connectivity index (χ0) is 18.1. The van der Waals surface area contributed by atoms with Gasteiger partial charge in [-0.05, 0) is 32.0 Å². The van der Waals surface area contributed by atoms with Crippen molar-refractivity contribution in [3.63, 3.8) is 0 Å². The topological polar surface area (TPSA) is 58.5 Å². The molecule has 26 heavy (non-hydrogen) atoms. The van der Waals surface area contributed by atoms with E-state index in [1.54, 1.807) is 12.4 Å². The van der Waals surface area contributed by atoms with E-state index in [1.807, 2.05) is 42.5 Å². The van der Waals surface area contributed by atoms with Crippen molar-refractivity contribution in [2.45, 2.75) is 32.1 Å². The molecule has 1 N–H and O–H groups in total. The van der Waals surface area contributed by atoms with Gasteiger partial charge in [-0.3, -0.25) is 14.9 Å². The quantitative estimate of drug-likeness (QED) is 0.784. The Morgan fingerprint density at radius 2 is 1.77 bits per heavy atom. The number of morpholine rings is 1. The summed E-state index contributed by atoms with van der Waals surface area (Å²) in [4.78, 5) is 11.3. The van der Waals surface area contributed by atoms with Gasteiger partial charge in [0, 0.05) is 36.4 Å². The standard InChI is InChI=1S/C21H23N3O2/c1-14-12-24(13-15(2)26-14)20(18-7-3-4-10-22-18)17-9-8-16-6-5-11-23-19(16)21(17)25/h3-11,14-15,20,25H,12-13H2,1-2H3. The van der Waals surface area contributed by atoms with Crippen LogP contribution in [-0.2, 0) is 4.74 Å². The van der Waals surface area contributed by atoms with Crippen molar-refractivity contribution >= 4 is 10.9 Å². The SMILES string of the molecule is CC1CN(C(c2ccccn2)c2ccc3cccnc3c2O)CC(C)O1. The normalized spacial score (nSPS) is 22.4. The number of rotatable bonds is 3. The summed E-state index contributed by atoms with van der Waals surface area (Å²) in [5.41, 5.74) is 2.37. The molecule has 1 aromatic carbocycles. The molecule has 0 saturated carbocycles. The summed E-state index contributed by atoms with van der Waals surface area (Å²) in [5, 5.41) is 11.9. The summed E-state index contributed by atoms with van der Waals surface area (Å²) in [6.07, 6.45) is 3.77. The summed E-state index contributed by atoms with van der Waals surface area (Å²) in [5.74, 6) is 0.227. The van der Waals surface area contributed by atoms with E-state index >= 15 is 0 Å². The Labute approximate surface area is 153 Å². The number of phenolic OH excluding ortho intramolecular Hbond substituents is 1. The monoisotopic (exact) mass is 349 g/mol. The molecular formula is C21H23N3O2. The molecule has 5 heteroatoms. The molecule has 3 atom stereocenters. The minimum Gasteiger partial charge on any atom is -0.505 e. The lowest BCUT2D eigenvalue weighted by Gasteiger charge is -2.40. The number of nitrogens with zero attached hydrogens (tertiary/aromatic N) is 3. The number of hydrogen-bond acceptors (Lipinski definition) is 5. The molecule has 0 amide bonds. The van der Waals surface area contributed by atoms with E-state index in [1.165, 1.54) is 0 Å². The fraction of sp³-hybridized carbons (Fsp3) is 0.333. The van der Waals surface area contributed by atoms with E-state index in [4.69, 9.17) is 4.74 Å². The summed E-state index contributed by atoms with van der Waals surface area (Å²) in [6, 6.07) is 13.6. The van der Waals surface area contributed by atoms with Gasteiger partial charge in [-0.2, -0.15) is 0 Å². The third kappa shape index (κ3) is 3.16. The van der Waals surface area contributed by atoms with Gasteiger partial charge in [0.2, 0.25) is 0 Å². The van der Waals surface area contributed by atoms with Crippen LogP contribution >= 0.6 is 0 Å². The van der Waals surface area contributed by atoms with Crippen LogP contribution in [0.25, 0.3) is 10.9 Å². The maximum Gasteiger partial charge on any atom is 0.146 e. The number of aromatic hydroxyl groups is 1. The van der Waals surface area contributed by atoms with Crippen molar-refractivity contribution in [1.82, 2.24) is 14.9 Å². The van der Waals surface area contributed by atoms with E-state index in [-0.39, 0.29) is 24.0 Å². The molecule has 3 heterocycles. The molecule has 1 aliphatic rings. The molecule has 1 fully saturated rings. The average Bonchev–Trinajstić information content (AvgIpc) is 2.64. The first kappa shape index (κ1) is 16.9. The lowest BCUT2D eigenvalue weighted by molar-refractivity contribution is -0.0770. The molecule has 1 aliphatic heterocycles. The van der Waals surface area contributed by atoms with Crippen molar-refractivity contribution < 1.29 is 9.84 Å². The van der Waals surface area contributed by atoms with Crippen LogP contribution in [-0.4, -0.2) is 45.3 Å². The van der Waals surface area contributed by atoms with Gasteiger partial charge in [0.05, 0.1) is 23.9 Å². The van der Waals surface area contributed by atoms with Crippen LogP contribution in [0.5, 0.6) is 5.75 Å². The smallest absolute Gasteiger partial charge is 0.146 e. The van der Waals surface area contributed by atoms with Crippen LogP contribution in [0.1, 0.15) is 31.1 Å². The van der Waals surface area contributed by atoms with Crippen LogP contribution < -0.4 is 0 Å². The number of pyridine rings is 2. The lowest BCUT2D eigenvalue weighted by atomic mass is 9.97. The summed E-state index contributed by atoms with van der Waals surface area (Å²) in [7, 11) is 0. The molecule has 134 valence electrons. The first-order chi connectivity index (χ1) is 12.6. The summed E-state index contributed by atoms with van der Waals surface area (Å²) < 4.78 is 5.90. The Kier molecular flexibility index (Phi) is 4.57. The van der Waals surface area contributed by atoms with Crippen molar-refractivity contribution in [3.8, 4) is 5.75 Å². The third-order valence-electron chi connectivity index (χ3n) is 4.85. The molecule has 1 saturated heterocycles.